The van der Waals surface area contributed by atoms with Crippen molar-refractivity contribution in [1.29, 1.82) is 0 Å². The van der Waals surface area contributed by atoms with Gasteiger partial charge in [0, 0.05) is 48.7 Å². The number of piperazine rings is 1. The Morgan fingerprint density at radius 3 is 2.71 bits per heavy atom. The number of rotatable bonds is 5. The number of benzene rings is 2. The van der Waals surface area contributed by atoms with E-state index in [1.807, 2.05) is 24.3 Å². The number of aromatic nitrogens is 1. The monoisotopic (exact) mass is 493 g/mol. The van der Waals surface area contributed by atoms with Crippen LogP contribution in [0, 0.1) is 0 Å². The number of anilines is 1. The van der Waals surface area contributed by atoms with Crippen molar-refractivity contribution in [1.82, 2.24) is 9.88 Å². The van der Waals surface area contributed by atoms with Crippen molar-refractivity contribution in [3.63, 3.8) is 0 Å². The number of ketones is 1. The van der Waals surface area contributed by atoms with Crippen molar-refractivity contribution in [2.45, 2.75) is 13.3 Å². The fourth-order valence-electron chi connectivity index (χ4n) is 4.26. The van der Waals surface area contributed by atoms with Gasteiger partial charge < -0.3 is 14.9 Å². The second kappa shape index (κ2) is 9.29. The summed E-state index contributed by atoms with van der Waals surface area (Å²) in [4.78, 5) is 22.1. The van der Waals surface area contributed by atoms with E-state index in [-0.39, 0.29) is 11.7 Å². The van der Waals surface area contributed by atoms with Gasteiger partial charge in [0.25, 0.3) is 0 Å². The molecule has 1 aromatic heterocycles. The predicted octanol–water partition coefficient (Wildman–Crippen LogP) is 2.87. The zero-order chi connectivity index (χ0) is 23.8. The summed E-state index contributed by atoms with van der Waals surface area (Å²) in [6.45, 7) is 5.17. The normalized spacial score (nSPS) is 16.4. The first-order valence-corrected chi connectivity index (χ1v) is 12.3. The van der Waals surface area contributed by atoms with Crippen molar-refractivity contribution in [2.24, 2.45) is 10.2 Å². The van der Waals surface area contributed by atoms with Gasteiger partial charge in [-0.2, -0.15) is 15.2 Å². The van der Waals surface area contributed by atoms with Crippen LogP contribution < -0.4 is 15.5 Å². The maximum absolute atomic E-state index is 12.4. The molecule has 34 heavy (non-hydrogen) atoms. The summed E-state index contributed by atoms with van der Waals surface area (Å²) in [7, 11) is 2.11. The lowest BCUT2D eigenvalue weighted by molar-refractivity contribution is 0.101. The Kier molecular flexibility index (Phi) is 6.20. The zero-order valence-corrected chi connectivity index (χ0v) is 20.5. The van der Waals surface area contributed by atoms with Gasteiger partial charge in [0.15, 0.2) is 10.9 Å². The van der Waals surface area contributed by atoms with Gasteiger partial charge in [-0.05, 0) is 54.6 Å². The number of fused-ring (bicyclic) bond motifs is 1. The largest absolute Gasteiger partial charge is 0.492 e. The lowest BCUT2D eigenvalue weighted by Crippen LogP contribution is -2.44. The van der Waals surface area contributed by atoms with Gasteiger partial charge in [-0.15, -0.1) is 0 Å². The van der Waals surface area contributed by atoms with Gasteiger partial charge in [-0.25, -0.2) is 0 Å². The van der Waals surface area contributed by atoms with E-state index in [0.717, 1.165) is 58.6 Å². The lowest BCUT2D eigenvalue weighted by Gasteiger charge is -2.31. The Hall–Kier alpha value is -3.07. The quantitative estimate of drug-likeness (QED) is 0.553. The first kappa shape index (κ1) is 22.7. The van der Waals surface area contributed by atoms with Crippen molar-refractivity contribution >= 4 is 45.6 Å². The number of thiazole rings is 1. The highest BCUT2D eigenvalue weighted by molar-refractivity contribution is 7.17. The van der Waals surface area contributed by atoms with Crippen molar-refractivity contribution in [2.75, 3.05) is 38.1 Å². The Morgan fingerprint density at radius 1 is 1.15 bits per heavy atom. The fraction of sp³-hybridized carbons (Fsp3) is 0.280. The third-order valence-corrected chi connectivity index (χ3v) is 7.60. The number of aromatic hydroxyl groups is 1. The summed E-state index contributed by atoms with van der Waals surface area (Å²) >= 11 is 7.66. The summed E-state index contributed by atoms with van der Waals surface area (Å²) in [6.07, 6.45) is 2.17. The van der Waals surface area contributed by atoms with E-state index < -0.39 is 0 Å². The SMILES string of the molecule is CC(=O)c1cc(Cl)ccc1CC(c1sc(N2CCN(C)CC2)nc1O)=c1ccc2c(c1)C=NN=2. The number of halogens is 1. The molecular weight excluding hydrogens is 470 g/mol. The average Bonchev–Trinajstić information content (AvgIpc) is 3.44. The van der Waals surface area contributed by atoms with E-state index in [9.17, 15) is 9.90 Å². The number of Topliss-reactive ketones (excluding diaryl/α,β-unsaturated/α-hetero) is 1. The van der Waals surface area contributed by atoms with Gasteiger partial charge in [0.1, 0.15) is 0 Å². The smallest absolute Gasteiger partial charge is 0.231 e. The molecule has 3 aromatic rings. The number of hydrogen-bond acceptors (Lipinski definition) is 8. The molecule has 5 rings (SSSR count). The van der Waals surface area contributed by atoms with Gasteiger partial charge in [-0.3, -0.25) is 4.79 Å². The van der Waals surface area contributed by atoms with E-state index in [1.54, 1.807) is 18.3 Å². The fourth-order valence-corrected chi connectivity index (χ4v) is 5.50. The molecule has 2 aliphatic heterocycles. The minimum absolute atomic E-state index is 0.00567. The minimum atomic E-state index is -0.0524. The van der Waals surface area contributed by atoms with Gasteiger partial charge in [0.2, 0.25) is 5.88 Å². The van der Waals surface area contributed by atoms with Crippen molar-refractivity contribution in [3.8, 4) is 5.88 Å². The lowest BCUT2D eigenvalue weighted by atomic mass is 9.95. The summed E-state index contributed by atoms with van der Waals surface area (Å²) in [5.41, 5.74) is 3.23. The van der Waals surface area contributed by atoms with Crippen LogP contribution >= 0.6 is 22.9 Å². The Morgan fingerprint density at radius 2 is 1.94 bits per heavy atom. The number of likely N-dealkylation sites (N-methyl/N-ethyl adjacent to an activating group) is 1. The molecule has 1 saturated heterocycles. The highest BCUT2D eigenvalue weighted by Crippen LogP contribution is 2.37. The Bertz CT molecular complexity index is 1420. The van der Waals surface area contributed by atoms with Gasteiger partial charge >= 0.3 is 0 Å². The third-order valence-electron chi connectivity index (χ3n) is 6.20. The molecule has 0 radical (unpaired) electrons. The second-order valence-corrected chi connectivity index (χ2v) is 9.98. The van der Waals surface area contributed by atoms with Crippen LogP contribution in [-0.4, -0.2) is 60.2 Å². The molecule has 1 fully saturated rings. The zero-order valence-electron chi connectivity index (χ0n) is 19.0. The number of carbonyl (C=O) groups excluding carboxylic acids is 1. The molecule has 0 bridgehead atoms. The first-order valence-electron chi connectivity index (χ1n) is 11.1. The van der Waals surface area contributed by atoms with Crippen LogP contribution in [0.2, 0.25) is 5.02 Å². The molecule has 0 amide bonds. The molecule has 1 N–H and O–H groups in total. The number of hydrogen-bond donors (Lipinski definition) is 1. The molecule has 174 valence electrons. The third kappa shape index (κ3) is 4.49. The Labute approximate surface area is 206 Å². The Balaban J connectivity index is 1.64. The van der Waals surface area contributed by atoms with Crippen LogP contribution in [0.15, 0.2) is 46.6 Å². The van der Waals surface area contributed by atoms with Crippen LogP contribution in [0.1, 0.15) is 33.3 Å². The van der Waals surface area contributed by atoms with E-state index >= 15 is 0 Å². The molecule has 0 spiro atoms. The molecule has 0 saturated carbocycles. The molecule has 9 heteroatoms. The molecule has 7 nitrogen and oxygen atoms in total. The summed E-state index contributed by atoms with van der Waals surface area (Å²) < 4.78 is 0. The first-order chi connectivity index (χ1) is 16.4. The van der Waals surface area contributed by atoms with E-state index in [2.05, 4.69) is 32.0 Å². The van der Waals surface area contributed by atoms with Crippen LogP contribution in [0.4, 0.5) is 5.13 Å². The molecule has 0 atom stereocenters. The van der Waals surface area contributed by atoms with Crippen molar-refractivity contribution in [3.05, 3.63) is 73.6 Å². The van der Waals surface area contributed by atoms with Gasteiger partial charge in [0.05, 0.1) is 16.4 Å². The highest BCUT2D eigenvalue weighted by Gasteiger charge is 2.23. The molecule has 0 aliphatic carbocycles. The maximum Gasteiger partial charge on any atom is 0.231 e. The summed E-state index contributed by atoms with van der Waals surface area (Å²) in [5, 5.41) is 22.1. The standard InChI is InChI=1S/C25H24ClN5O2S/c1-15(32)20-13-19(26)5-3-17(20)12-21(16-4-6-22-18(11-16)14-27-29-22)23-24(33)28-25(34-23)31-9-7-30(2)8-10-31/h3-6,11,13-14,33H,7-10,12H2,1-2H3. The average molecular weight is 494 g/mol. The summed E-state index contributed by atoms with van der Waals surface area (Å²) in [5.74, 6) is -0.0468. The van der Waals surface area contributed by atoms with E-state index in [1.165, 1.54) is 18.3 Å². The molecule has 2 aromatic carbocycles. The van der Waals surface area contributed by atoms with Gasteiger partial charge in [-0.1, -0.05) is 35.1 Å². The number of carbonyl (C=O) groups is 1. The van der Waals surface area contributed by atoms with Crippen LogP contribution in [-0.2, 0) is 6.42 Å². The minimum Gasteiger partial charge on any atom is -0.492 e. The van der Waals surface area contributed by atoms with Crippen LogP contribution in [0.3, 0.4) is 0 Å². The summed E-state index contributed by atoms with van der Waals surface area (Å²) in [6, 6.07) is 11.3. The topological polar surface area (TPSA) is 81.4 Å². The number of nitrogens with zero attached hydrogens (tertiary/aromatic N) is 5. The molecule has 0 unspecified atom stereocenters. The van der Waals surface area contributed by atoms with Crippen LogP contribution in [0.5, 0.6) is 5.88 Å². The highest BCUT2D eigenvalue weighted by atomic mass is 35.5. The van der Waals surface area contributed by atoms with E-state index in [4.69, 9.17) is 11.6 Å². The van der Waals surface area contributed by atoms with E-state index in [0.29, 0.717) is 21.9 Å². The second-order valence-electron chi connectivity index (χ2n) is 8.57. The molecule has 3 heterocycles. The predicted molar refractivity (Wildman–Crippen MR) is 136 cm³/mol. The molecular formula is C25H24ClN5O2S. The maximum atomic E-state index is 12.4. The van der Waals surface area contributed by atoms with Crippen LogP contribution in [0.25, 0.3) is 5.57 Å². The molecule has 2 aliphatic rings. The van der Waals surface area contributed by atoms with Crippen molar-refractivity contribution < 1.29 is 9.90 Å².